The maximum atomic E-state index is 9.72. The lowest BCUT2D eigenvalue weighted by Crippen LogP contribution is -2.10. The molecule has 0 spiro atoms. The highest BCUT2D eigenvalue weighted by Gasteiger charge is 2.40. The van der Waals surface area contributed by atoms with E-state index in [1.54, 1.807) is 12.1 Å². The zero-order valence-electron chi connectivity index (χ0n) is 7.43. The summed E-state index contributed by atoms with van der Waals surface area (Å²) in [6.07, 6.45) is 2.07. The molecule has 1 aliphatic carbocycles. The maximum Gasteiger partial charge on any atom is 0.133 e. The topological polar surface area (TPSA) is 40.5 Å². The van der Waals surface area contributed by atoms with Crippen LogP contribution >= 0.6 is 27.5 Å². The lowest BCUT2D eigenvalue weighted by atomic mass is 10.1. The van der Waals surface area contributed by atoms with E-state index in [4.69, 9.17) is 11.6 Å². The van der Waals surface area contributed by atoms with Gasteiger partial charge in [0.1, 0.15) is 5.75 Å². The van der Waals surface area contributed by atoms with E-state index in [0.29, 0.717) is 21.5 Å². The highest BCUT2D eigenvalue weighted by molar-refractivity contribution is 9.10. The van der Waals surface area contributed by atoms with E-state index in [1.165, 1.54) is 0 Å². The fraction of sp³-hybridized carbons (Fsp3) is 0.400. The second-order valence-electron chi connectivity index (χ2n) is 3.80. The number of rotatable bonds is 2. The van der Waals surface area contributed by atoms with Crippen LogP contribution in [0.5, 0.6) is 5.75 Å². The third-order valence-corrected chi connectivity index (χ3v) is 3.28. The van der Waals surface area contributed by atoms with Crippen molar-refractivity contribution < 1.29 is 10.2 Å². The van der Waals surface area contributed by atoms with Crippen LogP contribution in [0, 0.1) is 0 Å². The van der Waals surface area contributed by atoms with Crippen molar-refractivity contribution in [3.63, 3.8) is 0 Å². The molecule has 2 rings (SSSR count). The lowest BCUT2D eigenvalue weighted by molar-refractivity contribution is 0.150. The average molecular weight is 278 g/mol. The van der Waals surface area contributed by atoms with Gasteiger partial charge in [0.25, 0.3) is 0 Å². The summed E-state index contributed by atoms with van der Waals surface area (Å²) in [7, 11) is 0. The van der Waals surface area contributed by atoms with Crippen LogP contribution in [0.4, 0.5) is 0 Å². The maximum absolute atomic E-state index is 9.72. The quantitative estimate of drug-likeness (QED) is 0.873. The van der Waals surface area contributed by atoms with Crippen molar-refractivity contribution in [3.05, 3.63) is 27.2 Å². The molecule has 1 aliphatic rings. The summed E-state index contributed by atoms with van der Waals surface area (Å²) in [4.78, 5) is 0. The highest BCUT2D eigenvalue weighted by atomic mass is 79.9. The molecule has 0 radical (unpaired) electrons. The molecule has 1 saturated carbocycles. The van der Waals surface area contributed by atoms with Gasteiger partial charge >= 0.3 is 0 Å². The van der Waals surface area contributed by atoms with E-state index in [1.807, 2.05) is 0 Å². The molecule has 4 heteroatoms. The third-order valence-electron chi connectivity index (χ3n) is 2.45. The van der Waals surface area contributed by atoms with Crippen molar-refractivity contribution in [2.45, 2.75) is 24.9 Å². The van der Waals surface area contributed by atoms with Gasteiger partial charge in [-0.3, -0.25) is 0 Å². The lowest BCUT2D eigenvalue weighted by Gasteiger charge is -2.10. The molecule has 1 aromatic carbocycles. The van der Waals surface area contributed by atoms with Crippen LogP contribution in [0.3, 0.4) is 0 Å². The van der Waals surface area contributed by atoms with Crippen LogP contribution in [0.2, 0.25) is 5.02 Å². The summed E-state index contributed by atoms with van der Waals surface area (Å²) in [5, 5.41) is 20.0. The number of hydrogen-bond donors (Lipinski definition) is 2. The van der Waals surface area contributed by atoms with E-state index in [9.17, 15) is 10.2 Å². The molecular weight excluding hydrogens is 267 g/mol. The molecule has 0 aromatic heterocycles. The molecule has 0 saturated heterocycles. The predicted molar refractivity (Wildman–Crippen MR) is 58.7 cm³/mol. The first-order chi connectivity index (χ1) is 6.50. The Morgan fingerprint density at radius 1 is 1.43 bits per heavy atom. The molecule has 0 amide bonds. The van der Waals surface area contributed by atoms with E-state index in [2.05, 4.69) is 15.9 Å². The number of phenolic OH excluding ortho intramolecular Hbond substituents is 1. The zero-order chi connectivity index (χ0) is 10.3. The van der Waals surface area contributed by atoms with Crippen molar-refractivity contribution in [2.75, 3.05) is 0 Å². The minimum Gasteiger partial charge on any atom is -0.506 e. The normalized spacial score (nSPS) is 18.2. The number of benzene rings is 1. The van der Waals surface area contributed by atoms with Gasteiger partial charge in [0, 0.05) is 11.4 Å². The van der Waals surface area contributed by atoms with Crippen molar-refractivity contribution in [3.8, 4) is 5.75 Å². The zero-order valence-corrected chi connectivity index (χ0v) is 9.77. The molecule has 76 valence electrons. The summed E-state index contributed by atoms with van der Waals surface area (Å²) in [5.74, 6) is 0.176. The Kier molecular flexibility index (Phi) is 2.50. The Morgan fingerprint density at radius 3 is 2.64 bits per heavy atom. The van der Waals surface area contributed by atoms with Gasteiger partial charge < -0.3 is 10.2 Å². The largest absolute Gasteiger partial charge is 0.506 e. The van der Waals surface area contributed by atoms with Crippen LogP contribution in [-0.4, -0.2) is 15.8 Å². The minimum atomic E-state index is -0.610. The number of aliphatic hydroxyl groups is 1. The van der Waals surface area contributed by atoms with Crippen molar-refractivity contribution in [1.82, 2.24) is 0 Å². The van der Waals surface area contributed by atoms with Gasteiger partial charge in [-0.2, -0.15) is 0 Å². The molecule has 2 N–H and O–H groups in total. The number of aromatic hydroxyl groups is 1. The summed E-state index contributed by atoms with van der Waals surface area (Å²) in [5.41, 5.74) is 0.0890. The molecule has 14 heavy (non-hydrogen) atoms. The first-order valence-electron chi connectivity index (χ1n) is 4.39. The third kappa shape index (κ3) is 2.05. The minimum absolute atomic E-state index is 0.176. The van der Waals surface area contributed by atoms with Gasteiger partial charge in [0.2, 0.25) is 0 Å². The van der Waals surface area contributed by atoms with Gasteiger partial charge in [0.15, 0.2) is 0 Å². The van der Waals surface area contributed by atoms with Gasteiger partial charge in [-0.15, -0.1) is 0 Å². The second kappa shape index (κ2) is 3.40. The monoisotopic (exact) mass is 276 g/mol. The van der Waals surface area contributed by atoms with Gasteiger partial charge in [-0.1, -0.05) is 11.6 Å². The van der Waals surface area contributed by atoms with Crippen LogP contribution < -0.4 is 0 Å². The van der Waals surface area contributed by atoms with Crippen molar-refractivity contribution >= 4 is 27.5 Å². The summed E-state index contributed by atoms with van der Waals surface area (Å²) < 4.78 is 0.573. The predicted octanol–water partition coefficient (Wildman–Crippen LogP) is 2.88. The van der Waals surface area contributed by atoms with Gasteiger partial charge in [0.05, 0.1) is 10.1 Å². The first kappa shape index (κ1) is 10.3. The van der Waals surface area contributed by atoms with E-state index < -0.39 is 5.60 Å². The van der Waals surface area contributed by atoms with E-state index >= 15 is 0 Å². The fourth-order valence-electron chi connectivity index (χ4n) is 1.43. The molecule has 0 atom stereocenters. The molecule has 2 nitrogen and oxygen atoms in total. The Hall–Kier alpha value is -0.250. The number of hydrogen-bond acceptors (Lipinski definition) is 2. The Labute approximate surface area is 95.6 Å². The molecule has 0 heterocycles. The van der Waals surface area contributed by atoms with Gasteiger partial charge in [-0.25, -0.2) is 0 Å². The second-order valence-corrected chi connectivity index (χ2v) is 5.09. The molecule has 1 fully saturated rings. The molecule has 1 aromatic rings. The summed E-state index contributed by atoms with van der Waals surface area (Å²) in [6, 6.07) is 3.33. The fourth-order valence-corrected chi connectivity index (χ4v) is 2.30. The molecule has 0 unspecified atom stereocenters. The molecule has 0 bridgehead atoms. The van der Waals surface area contributed by atoms with Crippen LogP contribution in [0.15, 0.2) is 16.6 Å². The highest BCUT2D eigenvalue weighted by Crippen LogP contribution is 2.42. The van der Waals surface area contributed by atoms with E-state index in [0.717, 1.165) is 12.8 Å². The Balaban J connectivity index is 2.32. The van der Waals surface area contributed by atoms with Gasteiger partial charge in [-0.05, 0) is 46.5 Å². The number of phenols is 1. The Bertz CT molecular complexity index is 375. The van der Waals surface area contributed by atoms with E-state index in [-0.39, 0.29) is 5.75 Å². The van der Waals surface area contributed by atoms with Crippen LogP contribution in [0.25, 0.3) is 0 Å². The van der Waals surface area contributed by atoms with Crippen molar-refractivity contribution in [2.24, 2.45) is 0 Å². The average Bonchev–Trinajstić information content (AvgIpc) is 2.79. The smallest absolute Gasteiger partial charge is 0.133 e. The standard InChI is InChI=1S/C10H10BrClO2/c11-8-4-7(12)3-6(9(8)13)5-10(14)1-2-10/h3-4,13-14H,1-2,5H2. The summed E-state index contributed by atoms with van der Waals surface area (Å²) >= 11 is 9.06. The van der Waals surface area contributed by atoms with Crippen LogP contribution in [-0.2, 0) is 6.42 Å². The molecule has 0 aliphatic heterocycles. The molecular formula is C10H10BrClO2. The SMILES string of the molecule is Oc1c(Br)cc(Cl)cc1CC1(O)CC1. The van der Waals surface area contributed by atoms with Crippen molar-refractivity contribution in [1.29, 1.82) is 0 Å². The summed E-state index contributed by atoms with van der Waals surface area (Å²) in [6.45, 7) is 0. The van der Waals surface area contributed by atoms with Crippen LogP contribution in [0.1, 0.15) is 18.4 Å². The first-order valence-corrected chi connectivity index (χ1v) is 5.57. The number of halogens is 2. The Morgan fingerprint density at radius 2 is 2.07 bits per heavy atom.